The second-order valence-electron chi connectivity index (χ2n) is 8.34. The van der Waals surface area contributed by atoms with Gasteiger partial charge in [0, 0.05) is 29.8 Å². The summed E-state index contributed by atoms with van der Waals surface area (Å²) < 4.78 is 13.1. The van der Waals surface area contributed by atoms with Crippen molar-refractivity contribution in [2.75, 3.05) is 33.9 Å². The van der Waals surface area contributed by atoms with Crippen molar-refractivity contribution in [1.82, 2.24) is 9.47 Å². The standard InChI is InChI=1S/C26H31N3O3/c1-31-20-8-9-22-23(25(30)17-27)18-29(24(22)16-20)13-5-12-28-14-10-19(11-15-28)21-6-3-4-7-26(21)32-2/h3-4,6-9,16-19,27H,5,10-15H2,1-2H3. The molecule has 6 heteroatoms. The van der Waals surface area contributed by atoms with Crippen molar-refractivity contribution in [3.8, 4) is 11.5 Å². The number of likely N-dealkylation sites (tertiary alicyclic amines) is 1. The molecule has 0 atom stereocenters. The molecule has 1 N–H and O–H groups in total. The number of rotatable bonds is 9. The number of benzene rings is 2. The highest BCUT2D eigenvalue weighted by atomic mass is 16.5. The van der Waals surface area contributed by atoms with Gasteiger partial charge < -0.3 is 24.4 Å². The maximum absolute atomic E-state index is 12.2. The third-order valence-electron chi connectivity index (χ3n) is 6.53. The van der Waals surface area contributed by atoms with E-state index in [0.29, 0.717) is 11.5 Å². The number of aryl methyl sites for hydroxylation is 1. The molecule has 6 nitrogen and oxygen atoms in total. The van der Waals surface area contributed by atoms with Gasteiger partial charge in [-0.3, -0.25) is 4.79 Å². The number of nitrogens with one attached hydrogen (secondary N) is 1. The summed E-state index contributed by atoms with van der Waals surface area (Å²) in [6.07, 6.45) is 6.04. The number of ketones is 1. The zero-order chi connectivity index (χ0) is 22.5. The summed E-state index contributed by atoms with van der Waals surface area (Å²) in [6, 6.07) is 14.1. The number of hydrogen-bond acceptors (Lipinski definition) is 5. The van der Waals surface area contributed by atoms with Crippen LogP contribution in [0.25, 0.3) is 10.9 Å². The lowest BCUT2D eigenvalue weighted by molar-refractivity contribution is 0.107. The number of ether oxygens (including phenoxy) is 2. The minimum atomic E-state index is -0.266. The second-order valence-corrected chi connectivity index (χ2v) is 8.34. The molecule has 1 aliphatic rings. The Bertz CT molecular complexity index is 1100. The zero-order valence-electron chi connectivity index (χ0n) is 18.8. The SMILES string of the molecule is COc1ccc2c(C(=O)C=N)cn(CCCN3CCC(c4ccccc4OC)CC3)c2c1. The van der Waals surface area contributed by atoms with Crippen molar-refractivity contribution in [3.05, 3.63) is 59.8 Å². The predicted octanol–water partition coefficient (Wildman–Crippen LogP) is 4.76. The number of carbonyl (C=O) groups is 1. The first-order chi connectivity index (χ1) is 15.6. The summed E-state index contributed by atoms with van der Waals surface area (Å²) >= 11 is 0. The molecular weight excluding hydrogens is 402 g/mol. The largest absolute Gasteiger partial charge is 0.497 e. The van der Waals surface area contributed by atoms with E-state index in [0.717, 1.165) is 74.1 Å². The van der Waals surface area contributed by atoms with Gasteiger partial charge in [0.05, 0.1) is 26.0 Å². The van der Waals surface area contributed by atoms with Gasteiger partial charge in [0.1, 0.15) is 11.5 Å². The molecule has 2 aromatic carbocycles. The van der Waals surface area contributed by atoms with Crippen LogP contribution in [0, 0.1) is 5.41 Å². The quantitative estimate of drug-likeness (QED) is 0.390. The first kappa shape index (κ1) is 22.1. The number of hydrogen-bond donors (Lipinski definition) is 1. The molecule has 1 aromatic heterocycles. The number of aromatic nitrogens is 1. The number of Topliss-reactive ketones (excluding diaryl/α,β-unsaturated/α-hetero) is 1. The van der Waals surface area contributed by atoms with Gasteiger partial charge >= 0.3 is 0 Å². The van der Waals surface area contributed by atoms with Crippen LogP contribution in [0.2, 0.25) is 0 Å². The number of carbonyl (C=O) groups excluding carboxylic acids is 1. The second kappa shape index (κ2) is 10.0. The number of nitrogens with zero attached hydrogens (tertiary/aromatic N) is 2. The molecular formula is C26H31N3O3. The molecule has 0 aliphatic carbocycles. The molecule has 0 unspecified atom stereocenters. The molecule has 168 valence electrons. The van der Waals surface area contributed by atoms with E-state index in [1.54, 1.807) is 14.2 Å². The summed E-state index contributed by atoms with van der Waals surface area (Å²) in [5.74, 6) is 2.05. The van der Waals surface area contributed by atoms with Gasteiger partial charge in [0.15, 0.2) is 0 Å². The Labute approximate surface area is 189 Å². The summed E-state index contributed by atoms with van der Waals surface area (Å²) in [7, 11) is 3.39. The van der Waals surface area contributed by atoms with Crippen molar-refractivity contribution in [3.63, 3.8) is 0 Å². The van der Waals surface area contributed by atoms with E-state index in [1.807, 2.05) is 30.5 Å². The van der Waals surface area contributed by atoms with Crippen LogP contribution in [0.3, 0.4) is 0 Å². The van der Waals surface area contributed by atoms with Crippen LogP contribution in [0.5, 0.6) is 11.5 Å². The third kappa shape index (κ3) is 4.55. The van der Waals surface area contributed by atoms with E-state index in [4.69, 9.17) is 14.9 Å². The van der Waals surface area contributed by atoms with E-state index >= 15 is 0 Å². The van der Waals surface area contributed by atoms with Crippen LogP contribution in [-0.2, 0) is 6.54 Å². The van der Waals surface area contributed by atoms with Crippen LogP contribution in [0.15, 0.2) is 48.7 Å². The number of fused-ring (bicyclic) bond motifs is 1. The van der Waals surface area contributed by atoms with E-state index in [2.05, 4.69) is 27.7 Å². The average molecular weight is 434 g/mol. The van der Waals surface area contributed by atoms with Crippen molar-refractivity contribution in [2.24, 2.45) is 0 Å². The molecule has 0 amide bonds. The fourth-order valence-electron chi connectivity index (χ4n) is 4.79. The summed E-state index contributed by atoms with van der Waals surface area (Å²) in [6.45, 7) is 4.01. The lowest BCUT2D eigenvalue weighted by atomic mass is 9.89. The molecule has 0 saturated carbocycles. The molecule has 3 aromatic rings. The Morgan fingerprint density at radius 1 is 1.09 bits per heavy atom. The van der Waals surface area contributed by atoms with Crippen LogP contribution in [-0.4, -0.2) is 55.3 Å². The van der Waals surface area contributed by atoms with E-state index in [1.165, 1.54) is 5.56 Å². The van der Waals surface area contributed by atoms with Gasteiger partial charge in [-0.25, -0.2) is 0 Å². The number of piperidine rings is 1. The van der Waals surface area contributed by atoms with Crippen LogP contribution >= 0.6 is 0 Å². The first-order valence-corrected chi connectivity index (χ1v) is 11.2. The van der Waals surface area contributed by atoms with Gasteiger partial charge in [-0.2, -0.15) is 0 Å². The molecule has 32 heavy (non-hydrogen) atoms. The maximum Gasteiger partial charge on any atom is 0.205 e. The number of para-hydroxylation sites is 1. The fourth-order valence-corrected chi connectivity index (χ4v) is 4.79. The summed E-state index contributed by atoms with van der Waals surface area (Å²) in [5, 5.41) is 8.23. The third-order valence-corrected chi connectivity index (χ3v) is 6.53. The highest BCUT2D eigenvalue weighted by Gasteiger charge is 2.22. The van der Waals surface area contributed by atoms with E-state index < -0.39 is 0 Å². The smallest absolute Gasteiger partial charge is 0.205 e. The van der Waals surface area contributed by atoms with Gasteiger partial charge in [-0.15, -0.1) is 0 Å². The predicted molar refractivity (Wildman–Crippen MR) is 128 cm³/mol. The maximum atomic E-state index is 12.2. The highest BCUT2D eigenvalue weighted by molar-refractivity contribution is 6.37. The van der Waals surface area contributed by atoms with Crippen LogP contribution in [0.4, 0.5) is 0 Å². The number of methoxy groups -OCH3 is 2. The Balaban J connectivity index is 1.38. The Hall–Kier alpha value is -3.12. The van der Waals surface area contributed by atoms with E-state index in [9.17, 15) is 4.79 Å². The lowest BCUT2D eigenvalue weighted by Gasteiger charge is -2.32. The highest BCUT2D eigenvalue weighted by Crippen LogP contribution is 2.34. The van der Waals surface area contributed by atoms with Crippen LogP contribution < -0.4 is 9.47 Å². The summed E-state index contributed by atoms with van der Waals surface area (Å²) in [4.78, 5) is 14.7. The molecule has 1 fully saturated rings. The van der Waals surface area contributed by atoms with Crippen molar-refractivity contribution >= 4 is 22.9 Å². The average Bonchev–Trinajstić information content (AvgIpc) is 3.21. The molecule has 0 spiro atoms. The minimum Gasteiger partial charge on any atom is -0.497 e. The van der Waals surface area contributed by atoms with Gasteiger partial charge in [0.2, 0.25) is 5.78 Å². The Morgan fingerprint density at radius 2 is 1.88 bits per heavy atom. The van der Waals surface area contributed by atoms with Gasteiger partial charge in [0.25, 0.3) is 0 Å². The Morgan fingerprint density at radius 3 is 2.59 bits per heavy atom. The molecule has 1 aliphatic heterocycles. The van der Waals surface area contributed by atoms with Crippen molar-refractivity contribution < 1.29 is 14.3 Å². The summed E-state index contributed by atoms with van der Waals surface area (Å²) in [5.41, 5.74) is 2.88. The van der Waals surface area contributed by atoms with Crippen molar-refractivity contribution in [2.45, 2.75) is 31.7 Å². The molecule has 2 heterocycles. The van der Waals surface area contributed by atoms with E-state index in [-0.39, 0.29) is 5.78 Å². The Kier molecular flexibility index (Phi) is 6.90. The molecule has 4 rings (SSSR count). The van der Waals surface area contributed by atoms with Crippen molar-refractivity contribution in [1.29, 1.82) is 5.41 Å². The normalized spacial score (nSPS) is 15.1. The van der Waals surface area contributed by atoms with Gasteiger partial charge in [-0.1, -0.05) is 18.2 Å². The topological polar surface area (TPSA) is 67.6 Å². The molecule has 0 bridgehead atoms. The van der Waals surface area contributed by atoms with Crippen LogP contribution in [0.1, 0.15) is 41.1 Å². The molecule has 1 saturated heterocycles. The minimum absolute atomic E-state index is 0.266. The lowest BCUT2D eigenvalue weighted by Crippen LogP contribution is -2.34. The van der Waals surface area contributed by atoms with Gasteiger partial charge in [-0.05, 0) is 68.6 Å². The monoisotopic (exact) mass is 433 g/mol. The zero-order valence-corrected chi connectivity index (χ0v) is 18.8. The molecule has 0 radical (unpaired) electrons. The fraction of sp³-hybridized carbons (Fsp3) is 0.385. The first-order valence-electron chi connectivity index (χ1n) is 11.2.